The van der Waals surface area contributed by atoms with Gasteiger partial charge < -0.3 is 10.4 Å². The molecule has 2 rings (SSSR count). The lowest BCUT2D eigenvalue weighted by molar-refractivity contribution is 0.0693. The van der Waals surface area contributed by atoms with Crippen molar-refractivity contribution in [1.82, 2.24) is 0 Å². The van der Waals surface area contributed by atoms with E-state index in [1.165, 1.54) is 0 Å². The lowest BCUT2D eigenvalue weighted by Crippen LogP contribution is -2.18. The number of rotatable bonds is 3. The molecule has 2 aromatic carbocycles. The van der Waals surface area contributed by atoms with Gasteiger partial charge in [0.05, 0.1) is 5.69 Å². The highest BCUT2D eigenvalue weighted by molar-refractivity contribution is 6.08. The summed E-state index contributed by atoms with van der Waals surface area (Å²) in [6, 6.07) is 6.00. The average molecular weight is 295 g/mol. The summed E-state index contributed by atoms with van der Waals surface area (Å²) in [4.78, 5) is 22.8. The van der Waals surface area contributed by atoms with Crippen LogP contribution in [0, 0.1) is 17.5 Å². The minimum atomic E-state index is -1.61. The van der Waals surface area contributed by atoms with Gasteiger partial charge in [-0.3, -0.25) is 4.79 Å². The molecule has 0 spiro atoms. The SMILES string of the molecule is O=C(Nc1cccc(F)c1C(=O)O)c1c(F)cccc1F. The van der Waals surface area contributed by atoms with E-state index in [4.69, 9.17) is 5.11 Å². The van der Waals surface area contributed by atoms with Crippen LogP contribution in [0.1, 0.15) is 20.7 Å². The number of hydrogen-bond donors (Lipinski definition) is 2. The Balaban J connectivity index is 2.42. The summed E-state index contributed by atoms with van der Waals surface area (Å²) < 4.78 is 40.3. The van der Waals surface area contributed by atoms with Crippen LogP contribution in [-0.4, -0.2) is 17.0 Å². The first-order chi connectivity index (χ1) is 9.91. The maximum atomic E-state index is 13.5. The molecule has 0 saturated carbocycles. The molecule has 0 unspecified atom stereocenters. The van der Waals surface area contributed by atoms with E-state index in [1.54, 1.807) is 0 Å². The number of carboxylic acids is 1. The monoisotopic (exact) mass is 295 g/mol. The van der Waals surface area contributed by atoms with Crippen molar-refractivity contribution in [3.8, 4) is 0 Å². The van der Waals surface area contributed by atoms with E-state index in [1.807, 2.05) is 5.32 Å². The lowest BCUT2D eigenvalue weighted by Gasteiger charge is -2.10. The van der Waals surface area contributed by atoms with Crippen LogP contribution >= 0.6 is 0 Å². The van der Waals surface area contributed by atoms with Crippen molar-refractivity contribution < 1.29 is 27.9 Å². The number of amides is 1. The second-order valence-electron chi connectivity index (χ2n) is 4.02. The zero-order valence-corrected chi connectivity index (χ0v) is 10.4. The second-order valence-corrected chi connectivity index (χ2v) is 4.02. The summed E-state index contributed by atoms with van der Waals surface area (Å²) in [5, 5.41) is 10.9. The third-order valence-corrected chi connectivity index (χ3v) is 2.67. The fourth-order valence-electron chi connectivity index (χ4n) is 1.75. The number of carboxylic acid groups (broad SMARTS) is 1. The van der Waals surface area contributed by atoms with E-state index in [2.05, 4.69) is 0 Å². The van der Waals surface area contributed by atoms with Gasteiger partial charge in [0.15, 0.2) is 0 Å². The first-order valence-electron chi connectivity index (χ1n) is 5.69. The highest BCUT2D eigenvalue weighted by atomic mass is 19.1. The van der Waals surface area contributed by atoms with Gasteiger partial charge in [-0.1, -0.05) is 12.1 Å². The molecule has 0 aliphatic carbocycles. The molecule has 2 N–H and O–H groups in total. The predicted molar refractivity (Wildman–Crippen MR) is 67.7 cm³/mol. The highest BCUT2D eigenvalue weighted by Crippen LogP contribution is 2.21. The Labute approximate surface area is 116 Å². The summed E-state index contributed by atoms with van der Waals surface area (Å²) >= 11 is 0. The third-order valence-electron chi connectivity index (χ3n) is 2.67. The van der Waals surface area contributed by atoms with Crippen molar-refractivity contribution in [2.75, 3.05) is 5.32 Å². The van der Waals surface area contributed by atoms with E-state index in [-0.39, 0.29) is 0 Å². The first kappa shape index (κ1) is 14.6. The van der Waals surface area contributed by atoms with Crippen molar-refractivity contribution in [3.63, 3.8) is 0 Å². The number of hydrogen-bond acceptors (Lipinski definition) is 2. The van der Waals surface area contributed by atoms with E-state index < -0.39 is 46.1 Å². The van der Waals surface area contributed by atoms with Crippen LogP contribution in [-0.2, 0) is 0 Å². The fourth-order valence-corrected chi connectivity index (χ4v) is 1.75. The number of aromatic carboxylic acids is 1. The molecular weight excluding hydrogens is 287 g/mol. The van der Waals surface area contributed by atoms with E-state index >= 15 is 0 Å². The molecule has 0 radical (unpaired) electrons. The Morgan fingerprint density at radius 3 is 1.86 bits per heavy atom. The summed E-state index contributed by atoms with van der Waals surface area (Å²) in [6.45, 7) is 0. The summed E-state index contributed by atoms with van der Waals surface area (Å²) in [5.41, 5.74) is -2.06. The number of benzene rings is 2. The number of halogens is 3. The maximum absolute atomic E-state index is 13.5. The summed E-state index contributed by atoms with van der Waals surface area (Å²) in [7, 11) is 0. The quantitative estimate of drug-likeness (QED) is 0.914. The van der Waals surface area contributed by atoms with Crippen molar-refractivity contribution in [2.24, 2.45) is 0 Å². The topological polar surface area (TPSA) is 66.4 Å². The van der Waals surface area contributed by atoms with Gasteiger partial charge in [0.25, 0.3) is 5.91 Å². The highest BCUT2D eigenvalue weighted by Gasteiger charge is 2.21. The predicted octanol–water partition coefficient (Wildman–Crippen LogP) is 3.05. The van der Waals surface area contributed by atoms with Crippen molar-refractivity contribution in [3.05, 3.63) is 65.0 Å². The second kappa shape index (κ2) is 5.66. The van der Waals surface area contributed by atoms with Gasteiger partial charge in [0, 0.05) is 0 Å². The molecule has 0 atom stereocenters. The Kier molecular flexibility index (Phi) is 3.93. The fraction of sp³-hybridized carbons (Fsp3) is 0. The molecule has 0 aromatic heterocycles. The molecule has 1 amide bonds. The van der Waals surface area contributed by atoms with E-state index in [0.717, 1.165) is 36.4 Å². The van der Waals surface area contributed by atoms with Gasteiger partial charge in [-0.2, -0.15) is 0 Å². The van der Waals surface area contributed by atoms with Crippen LogP contribution in [0.5, 0.6) is 0 Å². The van der Waals surface area contributed by atoms with Crippen LogP contribution in [0.3, 0.4) is 0 Å². The largest absolute Gasteiger partial charge is 0.478 e. The standard InChI is InChI=1S/C14H8F3NO3/c15-7-3-1-4-8(16)11(7)13(19)18-10-6-2-5-9(17)12(10)14(20)21/h1-6H,(H,18,19)(H,20,21). The van der Waals surface area contributed by atoms with Crippen molar-refractivity contribution in [1.29, 1.82) is 0 Å². The maximum Gasteiger partial charge on any atom is 0.340 e. The third kappa shape index (κ3) is 2.86. The number of carbonyl (C=O) groups is 2. The van der Waals surface area contributed by atoms with Gasteiger partial charge >= 0.3 is 5.97 Å². The van der Waals surface area contributed by atoms with Gasteiger partial charge in [-0.15, -0.1) is 0 Å². The van der Waals surface area contributed by atoms with Gasteiger partial charge in [-0.25, -0.2) is 18.0 Å². The van der Waals surface area contributed by atoms with Gasteiger partial charge in [0.2, 0.25) is 0 Å². The molecule has 108 valence electrons. The van der Waals surface area contributed by atoms with Crippen LogP contribution in [0.2, 0.25) is 0 Å². The molecule has 0 aliphatic rings. The summed E-state index contributed by atoms with van der Waals surface area (Å²) in [6.07, 6.45) is 0. The lowest BCUT2D eigenvalue weighted by atomic mass is 10.1. The molecule has 2 aromatic rings. The molecule has 4 nitrogen and oxygen atoms in total. The molecule has 0 fully saturated rings. The molecule has 7 heteroatoms. The van der Waals surface area contributed by atoms with Crippen LogP contribution in [0.4, 0.5) is 18.9 Å². The van der Waals surface area contributed by atoms with Crippen LogP contribution in [0.25, 0.3) is 0 Å². The molecule has 0 saturated heterocycles. The number of carbonyl (C=O) groups excluding carboxylic acids is 1. The van der Waals surface area contributed by atoms with Gasteiger partial charge in [0.1, 0.15) is 28.6 Å². The van der Waals surface area contributed by atoms with Gasteiger partial charge in [-0.05, 0) is 24.3 Å². The van der Waals surface area contributed by atoms with E-state index in [0.29, 0.717) is 0 Å². The van der Waals surface area contributed by atoms with Crippen molar-refractivity contribution >= 4 is 17.6 Å². The Morgan fingerprint density at radius 1 is 0.857 bits per heavy atom. The minimum Gasteiger partial charge on any atom is -0.478 e. The smallest absolute Gasteiger partial charge is 0.340 e. The average Bonchev–Trinajstić information content (AvgIpc) is 2.37. The molecule has 21 heavy (non-hydrogen) atoms. The Bertz CT molecular complexity index is 711. The van der Waals surface area contributed by atoms with Crippen molar-refractivity contribution in [2.45, 2.75) is 0 Å². The zero-order chi connectivity index (χ0) is 15.6. The summed E-state index contributed by atoms with van der Waals surface area (Å²) in [5.74, 6) is -6.12. The van der Waals surface area contributed by atoms with E-state index in [9.17, 15) is 22.8 Å². The molecule has 0 heterocycles. The molecule has 0 aliphatic heterocycles. The Morgan fingerprint density at radius 2 is 1.33 bits per heavy atom. The first-order valence-corrected chi connectivity index (χ1v) is 5.69. The molecular formula is C14H8F3NO3. The number of anilines is 1. The molecule has 0 bridgehead atoms. The zero-order valence-electron chi connectivity index (χ0n) is 10.4. The normalized spacial score (nSPS) is 10.2. The minimum absolute atomic E-state index is 0.393. The number of nitrogens with one attached hydrogen (secondary N) is 1. The van der Waals surface area contributed by atoms with Crippen LogP contribution < -0.4 is 5.32 Å². The Hall–Kier alpha value is -2.83. The van der Waals surface area contributed by atoms with Crippen LogP contribution in [0.15, 0.2) is 36.4 Å².